The summed E-state index contributed by atoms with van der Waals surface area (Å²) in [7, 11) is 0. The van der Waals surface area contributed by atoms with Crippen molar-refractivity contribution in [3.05, 3.63) is 0 Å². The van der Waals surface area contributed by atoms with Crippen LogP contribution in [0.5, 0.6) is 0 Å². The minimum atomic E-state index is -0.0654. The van der Waals surface area contributed by atoms with E-state index in [-0.39, 0.29) is 6.10 Å². The zero-order chi connectivity index (χ0) is 9.94. The fourth-order valence-electron chi connectivity index (χ4n) is 1.48. The summed E-state index contributed by atoms with van der Waals surface area (Å²) in [5, 5.41) is 9.54. The monoisotopic (exact) mass is 187 g/mol. The maximum atomic E-state index is 9.54. The molecule has 0 saturated heterocycles. The van der Waals surface area contributed by atoms with Gasteiger partial charge in [-0.1, -0.05) is 39.0 Å². The highest BCUT2D eigenvalue weighted by Crippen LogP contribution is 2.10. The molecule has 1 atom stereocenters. The molecule has 0 bridgehead atoms. The Kier molecular flexibility index (Phi) is 9.94. The molecule has 0 amide bonds. The summed E-state index contributed by atoms with van der Waals surface area (Å²) in [6.07, 6.45) is 8.94. The van der Waals surface area contributed by atoms with Crippen molar-refractivity contribution in [3.8, 4) is 0 Å². The Morgan fingerprint density at radius 1 is 1.00 bits per heavy atom. The molecule has 0 spiro atoms. The van der Waals surface area contributed by atoms with Gasteiger partial charge >= 0.3 is 0 Å². The highest BCUT2D eigenvalue weighted by atomic mass is 16.3. The second-order valence-electron chi connectivity index (χ2n) is 3.79. The molecule has 0 aliphatic rings. The molecular weight excluding hydrogens is 162 g/mol. The minimum Gasteiger partial charge on any atom is -0.393 e. The van der Waals surface area contributed by atoms with E-state index in [1.807, 2.05) is 0 Å². The van der Waals surface area contributed by atoms with Crippen LogP contribution in [-0.4, -0.2) is 17.8 Å². The number of rotatable bonds is 9. The minimum absolute atomic E-state index is 0.0654. The average Bonchev–Trinajstić information content (AvgIpc) is 2.13. The number of aliphatic hydroxyl groups is 1. The Bertz CT molecular complexity index is 96.1. The van der Waals surface area contributed by atoms with E-state index in [2.05, 4.69) is 6.92 Å². The fourth-order valence-corrected chi connectivity index (χ4v) is 1.48. The molecule has 0 aromatic heterocycles. The summed E-state index contributed by atoms with van der Waals surface area (Å²) in [6, 6.07) is 0. The van der Waals surface area contributed by atoms with Gasteiger partial charge in [-0.15, -0.1) is 0 Å². The van der Waals surface area contributed by atoms with Crippen LogP contribution in [0, 0.1) is 0 Å². The van der Waals surface area contributed by atoms with Crippen molar-refractivity contribution in [1.82, 2.24) is 0 Å². The van der Waals surface area contributed by atoms with Crippen molar-refractivity contribution in [1.29, 1.82) is 0 Å². The molecule has 0 saturated carbocycles. The third kappa shape index (κ3) is 9.84. The summed E-state index contributed by atoms with van der Waals surface area (Å²) in [4.78, 5) is 0. The van der Waals surface area contributed by atoms with E-state index >= 15 is 0 Å². The van der Waals surface area contributed by atoms with Gasteiger partial charge in [-0.2, -0.15) is 0 Å². The molecule has 0 aromatic rings. The van der Waals surface area contributed by atoms with Gasteiger partial charge in [0.25, 0.3) is 0 Å². The van der Waals surface area contributed by atoms with Gasteiger partial charge < -0.3 is 10.8 Å². The van der Waals surface area contributed by atoms with Crippen molar-refractivity contribution in [3.63, 3.8) is 0 Å². The molecule has 0 aliphatic carbocycles. The number of aliphatic hydroxyl groups excluding tert-OH is 1. The molecule has 1 unspecified atom stereocenters. The summed E-state index contributed by atoms with van der Waals surface area (Å²) in [6.45, 7) is 2.97. The van der Waals surface area contributed by atoms with E-state index in [4.69, 9.17) is 5.73 Å². The van der Waals surface area contributed by atoms with Crippen LogP contribution in [0.25, 0.3) is 0 Å². The standard InChI is InChI=1S/C11H25NO/c1-2-3-5-8-11(13)9-6-4-7-10-12/h11,13H,2-10,12H2,1H3. The Labute approximate surface area is 82.5 Å². The third-order valence-electron chi connectivity index (χ3n) is 2.38. The largest absolute Gasteiger partial charge is 0.393 e. The molecule has 0 aromatic carbocycles. The highest BCUT2D eigenvalue weighted by Gasteiger charge is 2.02. The van der Waals surface area contributed by atoms with Crippen molar-refractivity contribution < 1.29 is 5.11 Å². The van der Waals surface area contributed by atoms with Gasteiger partial charge in [0.05, 0.1) is 6.10 Å². The van der Waals surface area contributed by atoms with Crippen LogP contribution in [0.3, 0.4) is 0 Å². The van der Waals surface area contributed by atoms with Crippen LogP contribution in [0.15, 0.2) is 0 Å². The summed E-state index contributed by atoms with van der Waals surface area (Å²) in [5.41, 5.74) is 5.38. The number of nitrogens with two attached hydrogens (primary N) is 1. The topological polar surface area (TPSA) is 46.2 Å². The quantitative estimate of drug-likeness (QED) is 0.545. The summed E-state index contributed by atoms with van der Waals surface area (Å²) in [5.74, 6) is 0. The molecule has 0 heterocycles. The van der Waals surface area contributed by atoms with E-state index in [1.54, 1.807) is 0 Å². The van der Waals surface area contributed by atoms with Crippen molar-refractivity contribution in [2.75, 3.05) is 6.54 Å². The molecule has 0 aliphatic heterocycles. The van der Waals surface area contributed by atoms with Gasteiger partial charge in [-0.05, 0) is 25.8 Å². The maximum absolute atomic E-state index is 9.54. The fraction of sp³-hybridized carbons (Fsp3) is 1.00. The van der Waals surface area contributed by atoms with Gasteiger partial charge in [-0.25, -0.2) is 0 Å². The molecule has 2 heteroatoms. The van der Waals surface area contributed by atoms with Gasteiger partial charge in [0.2, 0.25) is 0 Å². The lowest BCUT2D eigenvalue weighted by Gasteiger charge is -2.09. The molecule has 13 heavy (non-hydrogen) atoms. The molecule has 2 nitrogen and oxygen atoms in total. The Hall–Kier alpha value is -0.0800. The van der Waals surface area contributed by atoms with E-state index < -0.39 is 0 Å². The molecule has 3 N–H and O–H groups in total. The maximum Gasteiger partial charge on any atom is 0.0540 e. The second kappa shape index (κ2) is 10.0. The molecule has 0 rings (SSSR count). The first-order valence-corrected chi connectivity index (χ1v) is 5.69. The lowest BCUT2D eigenvalue weighted by Crippen LogP contribution is -2.06. The zero-order valence-corrected chi connectivity index (χ0v) is 8.97. The first-order valence-electron chi connectivity index (χ1n) is 5.69. The Morgan fingerprint density at radius 2 is 1.62 bits per heavy atom. The third-order valence-corrected chi connectivity index (χ3v) is 2.38. The van der Waals surface area contributed by atoms with Crippen LogP contribution in [0.1, 0.15) is 58.3 Å². The average molecular weight is 187 g/mol. The van der Waals surface area contributed by atoms with Crippen LogP contribution in [-0.2, 0) is 0 Å². The molecule has 80 valence electrons. The van der Waals surface area contributed by atoms with Crippen LogP contribution < -0.4 is 5.73 Å². The Balaban J connectivity index is 3.05. The molecule has 0 radical (unpaired) electrons. The van der Waals surface area contributed by atoms with Gasteiger partial charge in [0.15, 0.2) is 0 Å². The summed E-state index contributed by atoms with van der Waals surface area (Å²) < 4.78 is 0. The van der Waals surface area contributed by atoms with E-state index in [0.29, 0.717) is 0 Å². The summed E-state index contributed by atoms with van der Waals surface area (Å²) >= 11 is 0. The predicted octanol–water partition coefficient (Wildman–Crippen LogP) is 2.45. The Morgan fingerprint density at radius 3 is 2.15 bits per heavy atom. The number of unbranched alkanes of at least 4 members (excludes halogenated alkanes) is 4. The first kappa shape index (κ1) is 12.9. The van der Waals surface area contributed by atoms with E-state index in [0.717, 1.165) is 32.2 Å². The van der Waals surface area contributed by atoms with Crippen LogP contribution >= 0.6 is 0 Å². The smallest absolute Gasteiger partial charge is 0.0540 e. The van der Waals surface area contributed by atoms with Crippen LogP contribution in [0.4, 0.5) is 0 Å². The lowest BCUT2D eigenvalue weighted by molar-refractivity contribution is 0.147. The SMILES string of the molecule is CCCCCC(O)CCCCCN. The molecule has 0 fully saturated rings. The van der Waals surface area contributed by atoms with Crippen LogP contribution in [0.2, 0.25) is 0 Å². The second-order valence-corrected chi connectivity index (χ2v) is 3.79. The zero-order valence-electron chi connectivity index (χ0n) is 8.97. The molecular formula is C11H25NO. The predicted molar refractivity (Wildman–Crippen MR) is 57.7 cm³/mol. The highest BCUT2D eigenvalue weighted by molar-refractivity contribution is 4.56. The number of hydrogen-bond donors (Lipinski definition) is 2. The van der Waals surface area contributed by atoms with E-state index in [9.17, 15) is 5.11 Å². The van der Waals surface area contributed by atoms with Crippen molar-refractivity contribution in [2.45, 2.75) is 64.4 Å². The van der Waals surface area contributed by atoms with E-state index in [1.165, 1.54) is 25.7 Å². The normalized spacial score (nSPS) is 13.2. The van der Waals surface area contributed by atoms with Gasteiger partial charge in [0.1, 0.15) is 0 Å². The first-order chi connectivity index (χ1) is 6.31. The van der Waals surface area contributed by atoms with Gasteiger partial charge in [-0.3, -0.25) is 0 Å². The van der Waals surface area contributed by atoms with Gasteiger partial charge in [0, 0.05) is 0 Å². The lowest BCUT2D eigenvalue weighted by atomic mass is 10.0. The number of hydrogen-bond acceptors (Lipinski definition) is 2. The van der Waals surface area contributed by atoms with Crippen molar-refractivity contribution >= 4 is 0 Å². The van der Waals surface area contributed by atoms with Crippen molar-refractivity contribution in [2.24, 2.45) is 5.73 Å².